The van der Waals surface area contributed by atoms with E-state index in [4.69, 9.17) is 0 Å². The number of carbonyl (C=O) groups is 2. The van der Waals surface area contributed by atoms with Crippen LogP contribution in [0.25, 0.3) is 22.2 Å². The summed E-state index contributed by atoms with van der Waals surface area (Å²) in [6.07, 6.45) is 3.43. The molecule has 7 nitrogen and oxygen atoms in total. The zero-order chi connectivity index (χ0) is 19.1. The molecule has 1 aromatic carbocycles. The first-order chi connectivity index (χ1) is 13.0. The number of pyridine rings is 1. The highest BCUT2D eigenvalue weighted by Gasteiger charge is 2.33. The monoisotopic (exact) mass is 363 g/mol. The third-order valence-electron chi connectivity index (χ3n) is 5.13. The van der Waals surface area contributed by atoms with Gasteiger partial charge in [-0.25, -0.2) is 4.98 Å². The molecule has 2 amide bonds. The Morgan fingerprint density at radius 3 is 2.81 bits per heavy atom. The highest BCUT2D eigenvalue weighted by atomic mass is 16.2. The van der Waals surface area contributed by atoms with Gasteiger partial charge in [0.05, 0.1) is 23.0 Å². The second-order valence-electron chi connectivity index (χ2n) is 7.00. The van der Waals surface area contributed by atoms with Crippen molar-refractivity contribution in [1.82, 2.24) is 25.0 Å². The van der Waals surface area contributed by atoms with Gasteiger partial charge in [-0.1, -0.05) is 11.6 Å². The molecule has 2 aromatic heterocycles. The molecule has 1 saturated heterocycles. The van der Waals surface area contributed by atoms with Gasteiger partial charge < -0.3 is 9.80 Å². The van der Waals surface area contributed by atoms with Gasteiger partial charge in [-0.05, 0) is 32.0 Å². The van der Waals surface area contributed by atoms with E-state index in [-0.39, 0.29) is 11.8 Å². The largest absolute Gasteiger partial charge is 0.342 e. The molecule has 0 spiro atoms. The second-order valence-corrected chi connectivity index (χ2v) is 7.00. The highest BCUT2D eigenvalue weighted by molar-refractivity contribution is 6.08. The zero-order valence-electron chi connectivity index (χ0n) is 15.6. The summed E-state index contributed by atoms with van der Waals surface area (Å²) < 4.78 is 0. The second kappa shape index (κ2) is 6.50. The molecule has 0 bridgehead atoms. The Balaban J connectivity index is 1.85. The number of piperazine rings is 1. The molecule has 1 aliphatic heterocycles. The Hall–Kier alpha value is -3.22. The number of aromatic amines is 1. The molecule has 1 N–H and O–H groups in total. The quantitative estimate of drug-likeness (QED) is 0.757. The number of rotatable bonds is 2. The van der Waals surface area contributed by atoms with E-state index in [9.17, 15) is 9.59 Å². The van der Waals surface area contributed by atoms with Gasteiger partial charge >= 0.3 is 0 Å². The van der Waals surface area contributed by atoms with Gasteiger partial charge in [-0.15, -0.1) is 0 Å². The Kier molecular flexibility index (Phi) is 4.14. The lowest BCUT2D eigenvalue weighted by Gasteiger charge is -2.37. The number of nitrogens with zero attached hydrogens (tertiary/aromatic N) is 4. The predicted molar refractivity (Wildman–Crippen MR) is 102 cm³/mol. The highest BCUT2D eigenvalue weighted by Crippen LogP contribution is 2.27. The van der Waals surface area contributed by atoms with Crippen LogP contribution in [0, 0.1) is 6.92 Å². The third kappa shape index (κ3) is 2.95. The molecule has 27 heavy (non-hydrogen) atoms. The topological polar surface area (TPSA) is 82.2 Å². The molecule has 1 aliphatic rings. The van der Waals surface area contributed by atoms with Gasteiger partial charge in [0.2, 0.25) is 5.91 Å². The fourth-order valence-corrected chi connectivity index (χ4v) is 3.50. The summed E-state index contributed by atoms with van der Waals surface area (Å²) in [5, 5.41) is 7.55. The summed E-state index contributed by atoms with van der Waals surface area (Å²) in [5.74, 6) is -0.189. The minimum Gasteiger partial charge on any atom is -0.342 e. The van der Waals surface area contributed by atoms with Gasteiger partial charge in [0, 0.05) is 37.3 Å². The molecular formula is C20H21N5O2. The number of hydrogen-bond donors (Lipinski definition) is 1. The van der Waals surface area contributed by atoms with Gasteiger partial charge in [0.1, 0.15) is 6.04 Å². The first-order valence-electron chi connectivity index (χ1n) is 8.92. The Morgan fingerprint density at radius 2 is 2.07 bits per heavy atom. The number of benzene rings is 1. The molecule has 0 radical (unpaired) electrons. The van der Waals surface area contributed by atoms with E-state index in [2.05, 4.69) is 15.2 Å². The lowest BCUT2D eigenvalue weighted by molar-refractivity contribution is -0.137. The van der Waals surface area contributed by atoms with Crippen molar-refractivity contribution < 1.29 is 9.59 Å². The van der Waals surface area contributed by atoms with Crippen LogP contribution in [-0.4, -0.2) is 63.0 Å². The van der Waals surface area contributed by atoms with Crippen LogP contribution in [0.3, 0.4) is 0 Å². The van der Waals surface area contributed by atoms with E-state index in [0.29, 0.717) is 24.3 Å². The van der Waals surface area contributed by atoms with Crippen molar-refractivity contribution in [2.45, 2.75) is 19.9 Å². The molecule has 0 saturated carbocycles. The van der Waals surface area contributed by atoms with Crippen molar-refractivity contribution in [3.8, 4) is 11.3 Å². The van der Waals surface area contributed by atoms with Crippen LogP contribution in [0.15, 0.2) is 36.7 Å². The predicted octanol–water partition coefficient (Wildman–Crippen LogP) is 2.24. The maximum absolute atomic E-state index is 13.4. The number of hydrogen-bond acceptors (Lipinski definition) is 4. The summed E-state index contributed by atoms with van der Waals surface area (Å²) in [4.78, 5) is 33.8. The van der Waals surface area contributed by atoms with Gasteiger partial charge in [0.25, 0.3) is 5.91 Å². The van der Waals surface area contributed by atoms with E-state index in [1.807, 2.05) is 25.1 Å². The number of nitrogens with one attached hydrogen (secondary N) is 1. The first-order valence-corrected chi connectivity index (χ1v) is 8.92. The Bertz CT molecular complexity index is 1030. The molecular weight excluding hydrogens is 342 g/mol. The van der Waals surface area contributed by atoms with Crippen LogP contribution in [0.2, 0.25) is 0 Å². The molecule has 138 valence electrons. The van der Waals surface area contributed by atoms with E-state index in [0.717, 1.165) is 22.0 Å². The number of aromatic nitrogens is 3. The SMILES string of the molecule is Cc1ccc2nc(-c3cn[nH]c3)cc(C(=O)N3CCN(C)C(=O)[C@H]3C)c2c1. The van der Waals surface area contributed by atoms with Crippen LogP contribution in [0.5, 0.6) is 0 Å². The Labute approximate surface area is 157 Å². The van der Waals surface area contributed by atoms with Crippen molar-refractivity contribution in [3.63, 3.8) is 0 Å². The summed E-state index contributed by atoms with van der Waals surface area (Å²) in [6, 6.07) is 7.18. The number of likely N-dealkylation sites (N-methyl/N-ethyl adjacent to an activating group) is 1. The lowest BCUT2D eigenvalue weighted by Crippen LogP contribution is -2.56. The molecule has 3 heterocycles. The number of H-pyrrole nitrogens is 1. The fourth-order valence-electron chi connectivity index (χ4n) is 3.50. The normalized spacial score (nSPS) is 17.6. The van der Waals surface area contributed by atoms with Crippen molar-refractivity contribution in [3.05, 3.63) is 47.8 Å². The van der Waals surface area contributed by atoms with Gasteiger partial charge in [0.15, 0.2) is 0 Å². The molecule has 0 aliphatic carbocycles. The minimum absolute atomic E-state index is 0.0424. The smallest absolute Gasteiger partial charge is 0.255 e. The van der Waals surface area contributed by atoms with Crippen LogP contribution in [0.1, 0.15) is 22.8 Å². The van der Waals surface area contributed by atoms with E-state index in [1.54, 1.807) is 42.2 Å². The number of fused-ring (bicyclic) bond motifs is 1. The zero-order valence-corrected chi connectivity index (χ0v) is 15.6. The van der Waals surface area contributed by atoms with Gasteiger partial charge in [-0.3, -0.25) is 14.7 Å². The average molecular weight is 363 g/mol. The fraction of sp³-hybridized carbons (Fsp3) is 0.300. The molecule has 1 fully saturated rings. The van der Waals surface area contributed by atoms with E-state index >= 15 is 0 Å². The van der Waals surface area contributed by atoms with E-state index in [1.165, 1.54) is 0 Å². The van der Waals surface area contributed by atoms with Crippen molar-refractivity contribution >= 4 is 22.7 Å². The van der Waals surface area contributed by atoms with Crippen molar-refractivity contribution in [1.29, 1.82) is 0 Å². The standard InChI is InChI=1S/C20H21N5O2/c1-12-4-5-17-15(8-12)16(9-18(23-17)14-10-21-22-11-14)20(27)25-7-6-24(3)19(26)13(25)2/h4-5,8-11,13H,6-7H2,1-3H3,(H,21,22)/t13-/m1/s1. The van der Waals surface area contributed by atoms with Crippen molar-refractivity contribution in [2.24, 2.45) is 0 Å². The molecule has 1 atom stereocenters. The summed E-state index contributed by atoms with van der Waals surface area (Å²) >= 11 is 0. The van der Waals surface area contributed by atoms with E-state index < -0.39 is 6.04 Å². The first kappa shape index (κ1) is 17.2. The van der Waals surface area contributed by atoms with Crippen LogP contribution < -0.4 is 0 Å². The lowest BCUT2D eigenvalue weighted by atomic mass is 10.0. The summed E-state index contributed by atoms with van der Waals surface area (Å²) in [6.45, 7) is 4.81. The van der Waals surface area contributed by atoms with Crippen molar-refractivity contribution in [2.75, 3.05) is 20.1 Å². The molecule has 4 rings (SSSR count). The number of aryl methyl sites for hydroxylation is 1. The molecule has 0 unspecified atom stereocenters. The summed E-state index contributed by atoms with van der Waals surface area (Å²) in [7, 11) is 1.77. The average Bonchev–Trinajstić information content (AvgIpc) is 3.20. The minimum atomic E-state index is -0.485. The van der Waals surface area contributed by atoms with Crippen LogP contribution >= 0.6 is 0 Å². The Morgan fingerprint density at radius 1 is 1.26 bits per heavy atom. The summed E-state index contributed by atoms with van der Waals surface area (Å²) in [5.41, 5.74) is 3.85. The number of carbonyl (C=O) groups excluding carboxylic acids is 2. The molecule has 7 heteroatoms. The number of amides is 2. The van der Waals surface area contributed by atoms with Gasteiger partial charge in [-0.2, -0.15) is 5.10 Å². The maximum Gasteiger partial charge on any atom is 0.255 e. The van der Waals surface area contributed by atoms with Crippen LogP contribution in [-0.2, 0) is 4.79 Å². The third-order valence-corrected chi connectivity index (χ3v) is 5.13. The van der Waals surface area contributed by atoms with Crippen LogP contribution in [0.4, 0.5) is 0 Å². The maximum atomic E-state index is 13.4. The molecule has 3 aromatic rings.